The molecule has 0 unspecified atom stereocenters. The van der Waals surface area contributed by atoms with Gasteiger partial charge in [0, 0.05) is 48.7 Å². The molecular weight excluding hydrogens is 641 g/mol. The first-order chi connectivity index (χ1) is 25.3. The number of rotatable bonds is 3. The standard InChI is InChI=1S/C46H26N4S/c1-2-10-28(11-3-1)42-36-20-17-27-9-4-5-12-31(27)43(36)48-46(47-42)49-39-16-7-6-13-32(39)37-25-29(18-21-40(37)49)30-19-22-41-38(26-30)34-15-8-14-33-35-23-24-51-45(35)50(41)44(33)34/h1-26H. The minimum Gasteiger partial charge on any atom is -0.300 e. The minimum absolute atomic E-state index is 0.670. The molecule has 12 aromatic rings. The molecule has 236 valence electrons. The zero-order valence-corrected chi connectivity index (χ0v) is 28.0. The van der Waals surface area contributed by atoms with E-state index in [1.807, 2.05) is 11.3 Å². The molecule has 12 rings (SSSR count). The van der Waals surface area contributed by atoms with Crippen molar-refractivity contribution < 1.29 is 0 Å². The van der Waals surface area contributed by atoms with E-state index >= 15 is 0 Å². The van der Waals surface area contributed by atoms with Gasteiger partial charge in [-0.25, -0.2) is 9.97 Å². The van der Waals surface area contributed by atoms with Gasteiger partial charge in [-0.1, -0.05) is 109 Å². The Morgan fingerprint density at radius 3 is 1.98 bits per heavy atom. The Morgan fingerprint density at radius 2 is 1.12 bits per heavy atom. The first-order valence-corrected chi connectivity index (χ1v) is 18.1. The van der Waals surface area contributed by atoms with Gasteiger partial charge in [0.2, 0.25) is 5.95 Å². The quantitative estimate of drug-likeness (QED) is 0.176. The lowest BCUT2D eigenvalue weighted by molar-refractivity contribution is 1.02. The van der Waals surface area contributed by atoms with Crippen LogP contribution in [0.1, 0.15) is 0 Å². The van der Waals surface area contributed by atoms with Gasteiger partial charge < -0.3 is 0 Å². The molecule has 7 aromatic carbocycles. The van der Waals surface area contributed by atoms with Gasteiger partial charge in [-0.2, -0.15) is 0 Å². The molecule has 0 aliphatic carbocycles. The lowest BCUT2D eigenvalue weighted by Gasteiger charge is -2.13. The molecular formula is C46H26N4S. The molecule has 0 fully saturated rings. The first kappa shape index (κ1) is 27.3. The van der Waals surface area contributed by atoms with E-state index in [4.69, 9.17) is 9.97 Å². The highest BCUT2D eigenvalue weighted by molar-refractivity contribution is 7.17. The average molecular weight is 667 g/mol. The number of benzene rings is 7. The lowest BCUT2D eigenvalue weighted by atomic mass is 10.00. The second-order valence-corrected chi connectivity index (χ2v) is 14.3. The first-order valence-electron chi connectivity index (χ1n) is 17.2. The van der Waals surface area contributed by atoms with Crippen LogP contribution in [0.25, 0.3) is 109 Å². The molecule has 0 N–H and O–H groups in total. The second kappa shape index (κ2) is 10.0. The second-order valence-electron chi connectivity index (χ2n) is 13.4. The summed E-state index contributed by atoms with van der Waals surface area (Å²) in [4.78, 5) is 12.0. The molecule has 0 aliphatic rings. The summed E-state index contributed by atoms with van der Waals surface area (Å²) in [5, 5.41) is 13.2. The molecule has 0 bridgehead atoms. The van der Waals surface area contributed by atoms with Crippen molar-refractivity contribution in [2.75, 3.05) is 0 Å². The maximum absolute atomic E-state index is 5.35. The Morgan fingerprint density at radius 1 is 0.431 bits per heavy atom. The predicted molar refractivity (Wildman–Crippen MR) is 215 cm³/mol. The Kier molecular flexibility index (Phi) is 5.35. The van der Waals surface area contributed by atoms with Crippen LogP contribution in [0.5, 0.6) is 0 Å². The molecule has 5 aromatic heterocycles. The van der Waals surface area contributed by atoms with E-state index in [1.54, 1.807) is 0 Å². The zero-order valence-electron chi connectivity index (χ0n) is 27.2. The summed E-state index contributed by atoms with van der Waals surface area (Å²) in [6.45, 7) is 0. The van der Waals surface area contributed by atoms with Crippen LogP contribution in [-0.4, -0.2) is 18.9 Å². The summed E-state index contributed by atoms with van der Waals surface area (Å²) in [6, 6.07) is 54.7. The smallest absolute Gasteiger partial charge is 0.235 e. The van der Waals surface area contributed by atoms with Crippen LogP contribution in [0.4, 0.5) is 0 Å². The topological polar surface area (TPSA) is 35.1 Å². The number of para-hydroxylation sites is 2. The molecule has 0 amide bonds. The molecule has 0 saturated heterocycles. The van der Waals surface area contributed by atoms with Gasteiger partial charge in [-0.05, 0) is 64.4 Å². The highest BCUT2D eigenvalue weighted by Gasteiger charge is 2.21. The maximum atomic E-state index is 5.35. The van der Waals surface area contributed by atoms with Crippen LogP contribution in [-0.2, 0) is 0 Å². The molecule has 0 spiro atoms. The van der Waals surface area contributed by atoms with Crippen LogP contribution in [0.3, 0.4) is 0 Å². The van der Waals surface area contributed by atoms with Crippen molar-refractivity contribution in [1.29, 1.82) is 0 Å². The van der Waals surface area contributed by atoms with Crippen molar-refractivity contribution in [3.63, 3.8) is 0 Å². The van der Waals surface area contributed by atoms with E-state index in [1.165, 1.54) is 64.7 Å². The number of fused-ring (bicyclic) bond motifs is 12. The summed E-state index contributed by atoms with van der Waals surface area (Å²) in [5.41, 5.74) is 10.1. The van der Waals surface area contributed by atoms with Gasteiger partial charge in [0.1, 0.15) is 4.83 Å². The normalized spacial score (nSPS) is 12.3. The highest BCUT2D eigenvalue weighted by atomic mass is 32.1. The Balaban J connectivity index is 1.10. The SMILES string of the molecule is c1ccc(-c2nc(-n3c4ccccc4c4cc(-c5ccc6c(c5)c5cccc7c8ccsc8n6c57)ccc43)nc3c2ccc2ccccc23)cc1. The van der Waals surface area contributed by atoms with E-state index in [0.717, 1.165) is 38.6 Å². The van der Waals surface area contributed by atoms with Crippen molar-refractivity contribution in [1.82, 2.24) is 18.9 Å². The third-order valence-corrected chi connectivity index (χ3v) is 11.7. The highest BCUT2D eigenvalue weighted by Crippen LogP contribution is 2.43. The average Bonchev–Trinajstić information content (AvgIpc) is 3.95. The van der Waals surface area contributed by atoms with Crippen molar-refractivity contribution in [2.24, 2.45) is 0 Å². The number of hydrogen-bond acceptors (Lipinski definition) is 3. The van der Waals surface area contributed by atoms with Crippen LogP contribution < -0.4 is 0 Å². The van der Waals surface area contributed by atoms with Gasteiger partial charge in [-0.3, -0.25) is 8.97 Å². The van der Waals surface area contributed by atoms with Gasteiger partial charge in [0.05, 0.1) is 33.3 Å². The third kappa shape index (κ3) is 3.68. The fourth-order valence-corrected chi connectivity index (χ4v) is 9.43. The molecule has 5 heterocycles. The van der Waals surface area contributed by atoms with Crippen LogP contribution >= 0.6 is 11.3 Å². The summed E-state index contributed by atoms with van der Waals surface area (Å²) in [5.74, 6) is 0.670. The third-order valence-electron chi connectivity index (χ3n) is 10.8. The lowest BCUT2D eigenvalue weighted by Crippen LogP contribution is -2.03. The number of nitrogens with zero attached hydrogens (tertiary/aromatic N) is 4. The van der Waals surface area contributed by atoms with Crippen molar-refractivity contribution in [3.05, 3.63) is 157 Å². The van der Waals surface area contributed by atoms with Gasteiger partial charge >= 0.3 is 0 Å². The largest absolute Gasteiger partial charge is 0.300 e. The Labute approximate surface area is 295 Å². The Hall–Kier alpha value is -6.56. The van der Waals surface area contributed by atoms with E-state index in [-0.39, 0.29) is 0 Å². The summed E-state index contributed by atoms with van der Waals surface area (Å²) >= 11 is 1.82. The van der Waals surface area contributed by atoms with Crippen molar-refractivity contribution in [2.45, 2.75) is 0 Å². The van der Waals surface area contributed by atoms with E-state index in [2.05, 4.69) is 166 Å². The van der Waals surface area contributed by atoms with Crippen LogP contribution in [0.15, 0.2) is 157 Å². The number of hydrogen-bond donors (Lipinski definition) is 0. The fraction of sp³-hybridized carbons (Fsp3) is 0. The molecule has 4 nitrogen and oxygen atoms in total. The zero-order chi connectivity index (χ0) is 33.2. The Bertz CT molecular complexity index is 3370. The predicted octanol–water partition coefficient (Wildman–Crippen LogP) is 12.4. The van der Waals surface area contributed by atoms with E-state index in [0.29, 0.717) is 5.95 Å². The van der Waals surface area contributed by atoms with Crippen LogP contribution in [0, 0.1) is 0 Å². The molecule has 0 radical (unpaired) electrons. The minimum atomic E-state index is 0.670. The summed E-state index contributed by atoms with van der Waals surface area (Å²) < 4.78 is 4.70. The van der Waals surface area contributed by atoms with E-state index in [9.17, 15) is 0 Å². The molecule has 5 heteroatoms. The van der Waals surface area contributed by atoms with Gasteiger partial charge in [0.15, 0.2) is 0 Å². The molecule has 0 aliphatic heterocycles. The monoisotopic (exact) mass is 666 g/mol. The molecule has 0 atom stereocenters. The van der Waals surface area contributed by atoms with Crippen molar-refractivity contribution in [3.8, 4) is 28.3 Å². The molecule has 51 heavy (non-hydrogen) atoms. The molecule has 0 saturated carbocycles. The maximum Gasteiger partial charge on any atom is 0.235 e. The van der Waals surface area contributed by atoms with Crippen LogP contribution in [0.2, 0.25) is 0 Å². The van der Waals surface area contributed by atoms with Crippen molar-refractivity contribution >= 4 is 92.2 Å². The van der Waals surface area contributed by atoms with Gasteiger partial charge in [-0.15, -0.1) is 11.3 Å². The van der Waals surface area contributed by atoms with E-state index < -0.39 is 0 Å². The summed E-state index contributed by atoms with van der Waals surface area (Å²) in [6.07, 6.45) is 0. The van der Waals surface area contributed by atoms with Gasteiger partial charge in [0.25, 0.3) is 0 Å². The fourth-order valence-electron chi connectivity index (χ4n) is 8.49. The number of thiophene rings is 1. The summed E-state index contributed by atoms with van der Waals surface area (Å²) in [7, 11) is 0. The number of aromatic nitrogens is 4.